The molecule has 0 aromatic carbocycles. The highest BCUT2D eigenvalue weighted by Crippen LogP contribution is 2.43. The molecule has 3 aliphatic rings. The number of aliphatic hydroxyl groups excluding tert-OH is 2. The molecule has 1 aromatic rings. The van der Waals surface area contributed by atoms with Crippen molar-refractivity contribution in [3.8, 4) is 0 Å². The van der Waals surface area contributed by atoms with Crippen molar-refractivity contribution in [3.63, 3.8) is 0 Å². The molecule has 2 saturated heterocycles. The number of aromatic nitrogens is 1. The topological polar surface area (TPSA) is 142 Å². The minimum Gasteiger partial charge on any atom is -0.391 e. The fourth-order valence-electron chi connectivity index (χ4n) is 5.17. The fourth-order valence-corrected chi connectivity index (χ4v) is 5.17. The van der Waals surface area contributed by atoms with Crippen LogP contribution < -0.4 is 10.6 Å². The van der Waals surface area contributed by atoms with Gasteiger partial charge in [0.25, 0.3) is 0 Å². The summed E-state index contributed by atoms with van der Waals surface area (Å²) in [6.07, 6.45) is -0.840. The highest BCUT2D eigenvalue weighted by Gasteiger charge is 2.63. The van der Waals surface area contributed by atoms with Crippen LogP contribution in [0.3, 0.4) is 0 Å². The monoisotopic (exact) mass is 451 g/mol. The van der Waals surface area contributed by atoms with Crippen molar-refractivity contribution in [2.24, 2.45) is 5.92 Å². The first kappa shape index (κ1) is 23.5. The maximum Gasteiger partial charge on any atom is 0.239 e. The number of ether oxygens (including phenoxy) is 3. The number of likely N-dealkylation sites (N-methyl/N-ethyl adjacent to an activating group) is 1. The summed E-state index contributed by atoms with van der Waals surface area (Å²) in [5.74, 6) is -2.68. The summed E-state index contributed by atoms with van der Waals surface area (Å²) < 4.78 is 18.0. The average molecular weight is 452 g/mol. The summed E-state index contributed by atoms with van der Waals surface area (Å²) in [6, 6.07) is 2.12. The lowest BCUT2D eigenvalue weighted by Gasteiger charge is -2.58. The normalized spacial score (nSPS) is 43.8. The Bertz CT molecular complexity index is 799. The maximum absolute atomic E-state index is 12.7. The van der Waals surface area contributed by atoms with Gasteiger partial charge in [-0.05, 0) is 44.5 Å². The second kappa shape index (κ2) is 9.30. The van der Waals surface area contributed by atoms with Gasteiger partial charge in [0, 0.05) is 18.3 Å². The number of nitrogens with one attached hydrogen (secondary N) is 2. The molecule has 5 N–H and O–H groups in total. The standard InChI is InChI=1S/C22H33N3O7/c1-4-13-17(27)16(23-3)19-20(18(13)28)31-21-22(29,32-19)14(9-11(2)30-21)25-15(26)10-12-5-7-24-8-6-12/h5-8,11,13-14,16-21,23,27-29H,4,9-10H2,1-3H3,(H,25,26)/t11-,13-,14-,16+,17+,18-,19?,20?,21?,22+/m1/s1. The summed E-state index contributed by atoms with van der Waals surface area (Å²) >= 11 is 0. The van der Waals surface area contributed by atoms with E-state index >= 15 is 0 Å². The lowest BCUT2D eigenvalue weighted by atomic mass is 9.74. The Balaban J connectivity index is 1.56. The molecule has 1 aromatic heterocycles. The molecule has 10 atom stereocenters. The number of hydrogen-bond donors (Lipinski definition) is 5. The first-order valence-corrected chi connectivity index (χ1v) is 11.2. The third-order valence-electron chi connectivity index (χ3n) is 6.88. The van der Waals surface area contributed by atoms with Crippen LogP contribution in [0.15, 0.2) is 24.5 Å². The Kier molecular flexibility index (Phi) is 6.83. The van der Waals surface area contributed by atoms with Crippen molar-refractivity contribution in [2.45, 2.75) is 87.8 Å². The lowest BCUT2D eigenvalue weighted by molar-refractivity contribution is -0.450. The van der Waals surface area contributed by atoms with Gasteiger partial charge in [-0.2, -0.15) is 0 Å². The average Bonchev–Trinajstić information content (AvgIpc) is 2.75. The molecule has 32 heavy (non-hydrogen) atoms. The van der Waals surface area contributed by atoms with Gasteiger partial charge in [-0.3, -0.25) is 9.78 Å². The molecule has 10 heteroatoms. The van der Waals surface area contributed by atoms with Crippen molar-refractivity contribution in [1.29, 1.82) is 0 Å². The van der Waals surface area contributed by atoms with Crippen LogP contribution in [0, 0.1) is 5.92 Å². The quantitative estimate of drug-likeness (QED) is 0.384. The van der Waals surface area contributed by atoms with E-state index < -0.39 is 54.5 Å². The second-order valence-electron chi connectivity index (χ2n) is 8.97. The number of carbonyl (C=O) groups is 1. The number of hydrogen-bond acceptors (Lipinski definition) is 9. The fraction of sp³-hybridized carbons (Fsp3) is 0.727. The van der Waals surface area contributed by atoms with E-state index in [9.17, 15) is 20.1 Å². The number of pyridine rings is 1. The van der Waals surface area contributed by atoms with Crippen LogP contribution in [0.4, 0.5) is 0 Å². The minimum absolute atomic E-state index is 0.122. The van der Waals surface area contributed by atoms with Crippen LogP contribution >= 0.6 is 0 Å². The highest BCUT2D eigenvalue weighted by molar-refractivity contribution is 5.79. The van der Waals surface area contributed by atoms with Gasteiger partial charge in [-0.15, -0.1) is 0 Å². The summed E-state index contributed by atoms with van der Waals surface area (Å²) in [5, 5.41) is 39.1. The molecule has 4 rings (SSSR count). The molecular formula is C22H33N3O7. The SMILES string of the molecule is CC[C@@H]1[C@H](O)[C@H](NC)C2O[C@]3(O)C(OC2[C@@H]1O)O[C@H](C)C[C@H]3NC(=O)Cc1ccncc1. The highest BCUT2D eigenvalue weighted by atomic mass is 16.8. The zero-order valence-corrected chi connectivity index (χ0v) is 18.5. The molecular weight excluding hydrogens is 418 g/mol. The maximum atomic E-state index is 12.7. The molecule has 3 unspecified atom stereocenters. The predicted octanol–water partition coefficient (Wildman–Crippen LogP) is -0.934. The van der Waals surface area contributed by atoms with E-state index in [1.165, 1.54) is 0 Å². The van der Waals surface area contributed by atoms with Gasteiger partial charge in [0.15, 0.2) is 0 Å². The van der Waals surface area contributed by atoms with Crippen molar-refractivity contribution in [3.05, 3.63) is 30.1 Å². The number of aliphatic hydroxyl groups is 3. The van der Waals surface area contributed by atoms with Crippen LogP contribution in [0.1, 0.15) is 32.3 Å². The van der Waals surface area contributed by atoms with Crippen LogP contribution in [0.5, 0.6) is 0 Å². The Hall–Kier alpha value is -1.66. The Morgan fingerprint density at radius 1 is 1.22 bits per heavy atom. The number of carbonyl (C=O) groups excluding carboxylic acids is 1. The first-order chi connectivity index (χ1) is 15.3. The summed E-state index contributed by atoms with van der Waals surface area (Å²) in [7, 11) is 1.68. The van der Waals surface area contributed by atoms with Crippen molar-refractivity contribution in [1.82, 2.24) is 15.6 Å². The minimum atomic E-state index is -1.98. The Morgan fingerprint density at radius 2 is 1.94 bits per heavy atom. The van der Waals surface area contributed by atoms with Crippen LogP contribution in [-0.4, -0.2) is 87.9 Å². The second-order valence-corrected chi connectivity index (χ2v) is 8.97. The molecule has 10 nitrogen and oxygen atoms in total. The third-order valence-corrected chi connectivity index (χ3v) is 6.88. The molecule has 3 fully saturated rings. The predicted molar refractivity (Wildman–Crippen MR) is 112 cm³/mol. The molecule has 0 radical (unpaired) electrons. The molecule has 2 aliphatic heterocycles. The van der Waals surface area contributed by atoms with Crippen LogP contribution in [0.2, 0.25) is 0 Å². The van der Waals surface area contributed by atoms with Gasteiger partial charge in [-0.1, -0.05) is 6.92 Å². The van der Waals surface area contributed by atoms with Gasteiger partial charge < -0.3 is 40.2 Å². The molecule has 1 amide bonds. The van der Waals surface area contributed by atoms with Gasteiger partial charge >= 0.3 is 0 Å². The molecule has 1 aliphatic carbocycles. The van der Waals surface area contributed by atoms with E-state index in [0.717, 1.165) is 5.56 Å². The number of nitrogens with zero attached hydrogens (tertiary/aromatic N) is 1. The molecule has 0 bridgehead atoms. The van der Waals surface area contributed by atoms with Crippen molar-refractivity contribution >= 4 is 5.91 Å². The Labute approximate surface area is 187 Å². The summed E-state index contributed by atoms with van der Waals surface area (Å²) in [4.78, 5) is 16.7. The largest absolute Gasteiger partial charge is 0.391 e. The van der Waals surface area contributed by atoms with Gasteiger partial charge in [0.1, 0.15) is 12.2 Å². The van der Waals surface area contributed by atoms with Crippen molar-refractivity contribution < 1.29 is 34.3 Å². The van der Waals surface area contributed by atoms with E-state index in [2.05, 4.69) is 15.6 Å². The van der Waals surface area contributed by atoms with Gasteiger partial charge in [0.05, 0.1) is 36.8 Å². The van der Waals surface area contributed by atoms with E-state index in [1.54, 1.807) is 31.6 Å². The third kappa shape index (κ3) is 4.16. The van der Waals surface area contributed by atoms with Crippen LogP contribution in [0.25, 0.3) is 0 Å². The van der Waals surface area contributed by atoms with E-state index in [1.807, 2.05) is 13.8 Å². The molecule has 0 spiro atoms. The van der Waals surface area contributed by atoms with E-state index in [4.69, 9.17) is 14.2 Å². The number of amides is 1. The summed E-state index contributed by atoms with van der Waals surface area (Å²) in [6.45, 7) is 3.71. The number of rotatable bonds is 5. The first-order valence-electron chi connectivity index (χ1n) is 11.2. The number of fused-ring (bicyclic) bond motifs is 2. The molecule has 3 heterocycles. The smallest absolute Gasteiger partial charge is 0.239 e. The van der Waals surface area contributed by atoms with E-state index in [-0.39, 0.29) is 18.4 Å². The molecule has 1 saturated carbocycles. The zero-order chi connectivity index (χ0) is 23.0. The molecule has 178 valence electrons. The van der Waals surface area contributed by atoms with Crippen molar-refractivity contribution in [2.75, 3.05) is 7.05 Å². The lowest BCUT2D eigenvalue weighted by Crippen LogP contribution is -2.77. The van der Waals surface area contributed by atoms with E-state index in [0.29, 0.717) is 12.8 Å². The van der Waals surface area contributed by atoms with Gasteiger partial charge in [-0.25, -0.2) is 0 Å². The van der Waals surface area contributed by atoms with Gasteiger partial charge in [0.2, 0.25) is 18.0 Å². The van der Waals surface area contributed by atoms with Crippen LogP contribution in [-0.2, 0) is 25.4 Å². The summed E-state index contributed by atoms with van der Waals surface area (Å²) in [5.41, 5.74) is 0.793. The zero-order valence-electron chi connectivity index (χ0n) is 18.5. The Morgan fingerprint density at radius 3 is 2.59 bits per heavy atom.